The lowest BCUT2D eigenvalue weighted by Crippen LogP contribution is -2.48. The minimum absolute atomic E-state index is 0.123. The van der Waals surface area contributed by atoms with Gasteiger partial charge in [-0.05, 0) is 27.2 Å². The highest BCUT2D eigenvalue weighted by molar-refractivity contribution is 7.94. The number of hydrogen-bond donors (Lipinski definition) is 1. The lowest BCUT2D eigenvalue weighted by molar-refractivity contribution is -0.777. The molecule has 1 rings (SSSR count). The van der Waals surface area contributed by atoms with E-state index >= 15 is 0 Å². The van der Waals surface area contributed by atoms with Crippen LogP contribution in [0.5, 0.6) is 0 Å². The van der Waals surface area contributed by atoms with Gasteiger partial charge >= 0.3 is 0 Å². The van der Waals surface area contributed by atoms with E-state index in [2.05, 4.69) is 14.7 Å². The fraction of sp³-hybridized carbons (Fsp3) is 0.533. The van der Waals surface area contributed by atoms with Crippen LogP contribution in [0.15, 0.2) is 9.79 Å². The van der Waals surface area contributed by atoms with Crippen molar-refractivity contribution in [1.29, 1.82) is 0 Å². The number of halogens is 4. The molecule has 13 heteroatoms. The molecule has 0 aliphatic carbocycles. The van der Waals surface area contributed by atoms with Crippen LogP contribution in [0.25, 0.3) is 0 Å². The summed E-state index contributed by atoms with van der Waals surface area (Å²) in [6.45, 7) is 6.15. The molecular formula is C15H18F4NO6S2-. The van der Waals surface area contributed by atoms with Gasteiger partial charge in [-0.1, -0.05) is 13.3 Å². The van der Waals surface area contributed by atoms with Crippen molar-refractivity contribution in [2.75, 3.05) is 0 Å². The second kappa shape index (κ2) is 9.39. The number of carbonyl (C=O) groups excluding carboxylic acids is 1. The molecule has 0 saturated carbocycles. The van der Waals surface area contributed by atoms with Crippen LogP contribution < -0.4 is 10.6 Å². The predicted octanol–water partition coefficient (Wildman–Crippen LogP) is 2.33. The lowest BCUT2D eigenvalue weighted by Gasteiger charge is -2.25. The van der Waals surface area contributed by atoms with Gasteiger partial charge < -0.3 is 10.6 Å². The maximum Gasteiger partial charge on any atom is 0.239 e. The van der Waals surface area contributed by atoms with Gasteiger partial charge in [0.2, 0.25) is 5.91 Å². The summed E-state index contributed by atoms with van der Waals surface area (Å²) in [5.41, 5.74) is -0.873. The molecule has 28 heavy (non-hydrogen) atoms. The van der Waals surface area contributed by atoms with E-state index in [1.54, 1.807) is 20.8 Å². The average Bonchev–Trinajstić information content (AvgIpc) is 2.56. The monoisotopic (exact) mass is 448 g/mol. The van der Waals surface area contributed by atoms with Gasteiger partial charge in [-0.3, -0.25) is 9.83 Å². The number of benzene rings is 1. The maximum atomic E-state index is 14.3. The molecule has 1 amide bonds. The Hall–Kier alpha value is -1.41. The third kappa shape index (κ3) is 5.35. The molecule has 0 radical (unpaired) electrons. The van der Waals surface area contributed by atoms with Crippen LogP contribution in [0.1, 0.15) is 40.5 Å². The van der Waals surface area contributed by atoms with Gasteiger partial charge in [-0.2, -0.15) is 4.33 Å². The van der Waals surface area contributed by atoms with Crippen molar-refractivity contribution in [3.05, 3.63) is 23.3 Å². The molecule has 0 heterocycles. The SMILES string of the molecule is CCCC(C(=O)NC(C)(C)C)S(=O)(=O)c1c(F)c(F)c(SOO[O-])c(F)c1F. The summed E-state index contributed by atoms with van der Waals surface area (Å²) in [4.78, 5) is 8.99. The van der Waals surface area contributed by atoms with Crippen LogP contribution in [-0.2, 0) is 24.0 Å². The Labute approximate surface area is 163 Å². The van der Waals surface area contributed by atoms with Crippen molar-refractivity contribution in [3.63, 3.8) is 0 Å². The molecule has 1 atom stereocenters. The Morgan fingerprint density at radius 3 is 2.04 bits per heavy atom. The smallest absolute Gasteiger partial charge is 0.239 e. The zero-order chi connectivity index (χ0) is 21.9. The van der Waals surface area contributed by atoms with Crippen molar-refractivity contribution in [2.45, 2.75) is 61.1 Å². The fourth-order valence-electron chi connectivity index (χ4n) is 2.24. The first kappa shape index (κ1) is 24.6. The van der Waals surface area contributed by atoms with E-state index in [9.17, 15) is 36.0 Å². The van der Waals surface area contributed by atoms with E-state index in [0.717, 1.165) is 0 Å². The highest BCUT2D eigenvalue weighted by Gasteiger charge is 2.41. The summed E-state index contributed by atoms with van der Waals surface area (Å²) in [6.07, 6.45) is -0.228. The van der Waals surface area contributed by atoms with Gasteiger partial charge in [-0.15, -0.1) is 0 Å². The highest BCUT2D eigenvalue weighted by Crippen LogP contribution is 2.35. The number of amides is 1. The number of sulfone groups is 1. The summed E-state index contributed by atoms with van der Waals surface area (Å²) >= 11 is -0.485. The maximum absolute atomic E-state index is 14.3. The molecule has 1 aromatic rings. The van der Waals surface area contributed by atoms with E-state index in [1.165, 1.54) is 6.92 Å². The molecule has 0 bridgehead atoms. The topological polar surface area (TPSA) is 105 Å². The van der Waals surface area contributed by atoms with Crippen molar-refractivity contribution in [1.82, 2.24) is 5.32 Å². The average molecular weight is 448 g/mol. The van der Waals surface area contributed by atoms with E-state index in [1.807, 2.05) is 0 Å². The normalized spacial score (nSPS) is 13.5. The Bertz CT molecular complexity index is 813. The van der Waals surface area contributed by atoms with Gasteiger partial charge in [0.05, 0.1) is 12.0 Å². The van der Waals surface area contributed by atoms with E-state index < -0.39 is 71.6 Å². The Morgan fingerprint density at radius 2 is 1.64 bits per heavy atom. The van der Waals surface area contributed by atoms with E-state index in [4.69, 9.17) is 0 Å². The predicted molar refractivity (Wildman–Crippen MR) is 88.1 cm³/mol. The molecule has 0 aliphatic rings. The van der Waals surface area contributed by atoms with Crippen molar-refractivity contribution in [2.24, 2.45) is 0 Å². The molecule has 0 spiro atoms. The number of hydrogen-bond acceptors (Lipinski definition) is 7. The zero-order valence-corrected chi connectivity index (χ0v) is 16.9. The summed E-state index contributed by atoms with van der Waals surface area (Å²) < 4.78 is 85.9. The van der Waals surface area contributed by atoms with Crippen LogP contribution in [0.3, 0.4) is 0 Å². The Balaban J connectivity index is 3.59. The minimum Gasteiger partial charge on any atom is -0.691 e. The van der Waals surface area contributed by atoms with Crippen LogP contribution in [0, 0.1) is 23.3 Å². The first-order chi connectivity index (χ1) is 12.8. The minimum atomic E-state index is -5.16. The number of rotatable bonds is 8. The number of carbonyl (C=O) groups is 1. The van der Waals surface area contributed by atoms with Crippen molar-refractivity contribution in [3.8, 4) is 0 Å². The quantitative estimate of drug-likeness (QED) is 0.214. The Morgan fingerprint density at radius 1 is 1.14 bits per heavy atom. The van der Waals surface area contributed by atoms with Crippen LogP contribution in [0.2, 0.25) is 0 Å². The summed E-state index contributed by atoms with van der Waals surface area (Å²) in [5, 5.41) is 13.0. The third-order valence-electron chi connectivity index (χ3n) is 3.33. The first-order valence-electron chi connectivity index (χ1n) is 7.84. The summed E-state index contributed by atoms with van der Waals surface area (Å²) in [6, 6.07) is 0. The first-order valence-corrected chi connectivity index (χ1v) is 10.1. The van der Waals surface area contributed by atoms with Crippen LogP contribution in [-0.4, -0.2) is 25.1 Å². The molecule has 1 aromatic carbocycles. The molecule has 160 valence electrons. The highest BCUT2D eigenvalue weighted by atomic mass is 32.2. The van der Waals surface area contributed by atoms with Gasteiger partial charge in [0, 0.05) is 5.54 Å². The lowest BCUT2D eigenvalue weighted by atomic mass is 10.1. The van der Waals surface area contributed by atoms with E-state index in [-0.39, 0.29) is 12.8 Å². The van der Waals surface area contributed by atoms with Crippen molar-refractivity contribution < 1.29 is 45.4 Å². The molecule has 0 aliphatic heterocycles. The molecule has 7 nitrogen and oxygen atoms in total. The van der Waals surface area contributed by atoms with Crippen LogP contribution in [0.4, 0.5) is 17.6 Å². The second-order valence-electron chi connectivity index (χ2n) is 6.70. The molecule has 0 aromatic heterocycles. The largest absolute Gasteiger partial charge is 0.691 e. The molecule has 0 saturated heterocycles. The van der Waals surface area contributed by atoms with Gasteiger partial charge in [-0.25, -0.2) is 26.0 Å². The van der Waals surface area contributed by atoms with Crippen molar-refractivity contribution >= 4 is 27.8 Å². The third-order valence-corrected chi connectivity index (χ3v) is 6.10. The van der Waals surface area contributed by atoms with Gasteiger partial charge in [0.15, 0.2) is 33.1 Å². The standard InChI is InChI=1S/C15H19F4NO6S2/c1-5-6-7(14(21)20-15(2,3)4)28(23,24)13-10(18)8(16)12(27-26-25-22)9(17)11(13)19/h7,22H,5-6H2,1-4H3,(H,20,21)/p-1. The molecular weight excluding hydrogens is 430 g/mol. The van der Waals surface area contributed by atoms with E-state index in [0.29, 0.717) is 0 Å². The number of nitrogens with one attached hydrogen (secondary N) is 1. The molecule has 1 unspecified atom stereocenters. The van der Waals surface area contributed by atoms with Gasteiger partial charge in [0.25, 0.3) is 0 Å². The molecule has 1 N–H and O–H groups in total. The van der Waals surface area contributed by atoms with Gasteiger partial charge in [0.1, 0.15) is 15.0 Å². The summed E-state index contributed by atoms with van der Waals surface area (Å²) in [5.74, 6) is -9.81. The Kier molecular flexibility index (Phi) is 8.26. The van der Waals surface area contributed by atoms with Crippen LogP contribution >= 0.6 is 12.0 Å². The fourth-order valence-corrected chi connectivity index (χ4v) is 4.52. The zero-order valence-electron chi connectivity index (χ0n) is 15.3. The molecule has 0 fully saturated rings. The second-order valence-corrected chi connectivity index (χ2v) is 9.47. The summed E-state index contributed by atoms with van der Waals surface area (Å²) in [7, 11) is -5.16.